The summed E-state index contributed by atoms with van der Waals surface area (Å²) in [6, 6.07) is 8.83. The van der Waals surface area contributed by atoms with E-state index in [1.54, 1.807) is 13.0 Å². The number of nitrogens with one attached hydrogen (secondary N) is 1. The highest BCUT2D eigenvalue weighted by Crippen LogP contribution is 2.32. The Kier molecular flexibility index (Phi) is 3.17. The van der Waals surface area contributed by atoms with E-state index in [0.29, 0.717) is 18.0 Å². The Morgan fingerprint density at radius 1 is 1.33 bits per heavy atom. The normalized spacial score (nSPS) is 22.1. The minimum atomic E-state index is -1.18. The van der Waals surface area contributed by atoms with Gasteiger partial charge in [-0.15, -0.1) is 0 Å². The van der Waals surface area contributed by atoms with E-state index in [9.17, 15) is 9.59 Å². The second kappa shape index (κ2) is 4.89. The summed E-state index contributed by atoms with van der Waals surface area (Å²) >= 11 is 0. The van der Waals surface area contributed by atoms with Gasteiger partial charge in [-0.1, -0.05) is 18.2 Å². The van der Waals surface area contributed by atoms with Gasteiger partial charge in [-0.05, 0) is 19.1 Å². The highest BCUT2D eigenvalue weighted by Gasteiger charge is 2.51. The molecule has 21 heavy (non-hydrogen) atoms. The number of fused-ring (bicyclic) bond motifs is 1. The number of hydrogen-bond acceptors (Lipinski definition) is 4. The zero-order valence-electron chi connectivity index (χ0n) is 11.9. The monoisotopic (exact) mass is 288 g/mol. The van der Waals surface area contributed by atoms with Crippen molar-refractivity contribution in [1.82, 2.24) is 10.2 Å². The third-order valence-corrected chi connectivity index (χ3v) is 3.71. The molecule has 110 valence electrons. The van der Waals surface area contributed by atoms with Crippen LogP contribution in [0.25, 0.3) is 11.0 Å². The molecule has 3 amide bonds. The number of benzene rings is 1. The van der Waals surface area contributed by atoms with E-state index in [2.05, 4.69) is 5.32 Å². The van der Waals surface area contributed by atoms with E-state index in [4.69, 9.17) is 9.15 Å². The Labute approximate surface area is 121 Å². The molecule has 2 heterocycles. The maximum Gasteiger partial charge on any atom is 0.325 e. The molecule has 0 aliphatic carbocycles. The zero-order valence-corrected chi connectivity index (χ0v) is 11.9. The van der Waals surface area contributed by atoms with Crippen LogP contribution in [0.2, 0.25) is 0 Å². The lowest BCUT2D eigenvalue weighted by molar-refractivity contribution is -0.132. The van der Waals surface area contributed by atoms with Crippen LogP contribution in [0.5, 0.6) is 0 Å². The molecule has 0 radical (unpaired) electrons. The summed E-state index contributed by atoms with van der Waals surface area (Å²) in [6.07, 6.45) is 0. The molecular weight excluding hydrogens is 272 g/mol. The molecule has 1 aliphatic heterocycles. The molecular formula is C15H16N2O4. The van der Waals surface area contributed by atoms with Crippen molar-refractivity contribution >= 4 is 22.9 Å². The fourth-order valence-corrected chi connectivity index (χ4v) is 2.48. The number of hydrogen-bond donors (Lipinski definition) is 1. The van der Waals surface area contributed by atoms with Crippen molar-refractivity contribution in [2.75, 3.05) is 20.3 Å². The summed E-state index contributed by atoms with van der Waals surface area (Å²) in [5.74, 6) is 0.102. The Bertz CT molecular complexity index is 676. The molecule has 1 saturated heterocycles. The van der Waals surface area contributed by atoms with Crippen LogP contribution >= 0.6 is 0 Å². The number of methoxy groups -OCH3 is 1. The second-order valence-electron chi connectivity index (χ2n) is 5.15. The van der Waals surface area contributed by atoms with Crippen LogP contribution in [-0.2, 0) is 15.1 Å². The highest BCUT2D eigenvalue weighted by atomic mass is 16.5. The van der Waals surface area contributed by atoms with Gasteiger partial charge in [-0.25, -0.2) is 4.79 Å². The fourth-order valence-electron chi connectivity index (χ4n) is 2.48. The number of ether oxygens (including phenoxy) is 1. The molecule has 1 aromatic carbocycles. The molecule has 1 fully saturated rings. The summed E-state index contributed by atoms with van der Waals surface area (Å²) in [5, 5.41) is 3.60. The Morgan fingerprint density at radius 3 is 2.81 bits per heavy atom. The van der Waals surface area contributed by atoms with Gasteiger partial charge in [0.15, 0.2) is 5.54 Å². The van der Waals surface area contributed by atoms with Crippen molar-refractivity contribution in [3.8, 4) is 0 Å². The van der Waals surface area contributed by atoms with Gasteiger partial charge in [-0.2, -0.15) is 0 Å². The summed E-state index contributed by atoms with van der Waals surface area (Å²) in [6.45, 7) is 2.17. The molecule has 6 heteroatoms. The number of urea groups is 1. The topological polar surface area (TPSA) is 71.8 Å². The number of furan rings is 1. The smallest absolute Gasteiger partial charge is 0.325 e. The lowest BCUT2D eigenvalue weighted by Crippen LogP contribution is -2.40. The molecule has 6 nitrogen and oxygen atoms in total. The Balaban J connectivity index is 1.96. The van der Waals surface area contributed by atoms with Gasteiger partial charge < -0.3 is 14.5 Å². The number of nitrogens with zero attached hydrogens (tertiary/aromatic N) is 1. The highest BCUT2D eigenvalue weighted by molar-refractivity contribution is 6.07. The van der Waals surface area contributed by atoms with Crippen LogP contribution in [0, 0.1) is 0 Å². The van der Waals surface area contributed by atoms with Crippen LogP contribution in [0.15, 0.2) is 34.7 Å². The Hall–Kier alpha value is -2.34. The molecule has 1 atom stereocenters. The zero-order chi connectivity index (χ0) is 15.0. The van der Waals surface area contributed by atoms with Crippen molar-refractivity contribution in [2.24, 2.45) is 0 Å². The molecule has 2 aromatic rings. The minimum absolute atomic E-state index is 0.219. The molecule has 0 saturated carbocycles. The number of carbonyl (C=O) groups excluding carboxylic acids is 2. The molecule has 3 rings (SSSR count). The van der Waals surface area contributed by atoms with Crippen LogP contribution in [0.4, 0.5) is 4.79 Å². The summed E-state index contributed by atoms with van der Waals surface area (Å²) in [7, 11) is 1.52. The van der Waals surface area contributed by atoms with E-state index in [1.165, 1.54) is 7.11 Å². The maximum atomic E-state index is 12.5. The first-order valence-corrected chi connectivity index (χ1v) is 6.68. The SMILES string of the molecule is COCCN1C(=O)NC(C)(c2cc3ccccc3o2)C1=O. The third kappa shape index (κ3) is 2.08. The van der Waals surface area contributed by atoms with Gasteiger partial charge >= 0.3 is 6.03 Å². The first kappa shape index (κ1) is 13.6. The maximum absolute atomic E-state index is 12.5. The average Bonchev–Trinajstić information content (AvgIpc) is 2.99. The van der Waals surface area contributed by atoms with Gasteiger partial charge in [0.25, 0.3) is 5.91 Å². The number of para-hydroxylation sites is 1. The molecule has 1 aliphatic rings. The van der Waals surface area contributed by atoms with E-state index in [0.717, 1.165) is 10.3 Å². The van der Waals surface area contributed by atoms with Crippen molar-refractivity contribution in [1.29, 1.82) is 0 Å². The van der Waals surface area contributed by atoms with Crippen LogP contribution in [0.3, 0.4) is 0 Å². The van der Waals surface area contributed by atoms with Crippen LogP contribution < -0.4 is 5.32 Å². The van der Waals surface area contributed by atoms with Crippen LogP contribution in [0.1, 0.15) is 12.7 Å². The first-order chi connectivity index (χ1) is 10.1. The number of imide groups is 1. The van der Waals surface area contributed by atoms with Crippen molar-refractivity contribution in [3.63, 3.8) is 0 Å². The molecule has 1 N–H and O–H groups in total. The summed E-state index contributed by atoms with van der Waals surface area (Å²) < 4.78 is 10.7. The van der Waals surface area contributed by atoms with Gasteiger partial charge in [0, 0.05) is 12.5 Å². The third-order valence-electron chi connectivity index (χ3n) is 3.71. The number of amides is 3. The molecule has 0 spiro atoms. The van der Waals surface area contributed by atoms with Gasteiger partial charge in [0.1, 0.15) is 11.3 Å². The lowest BCUT2D eigenvalue weighted by Gasteiger charge is -2.18. The van der Waals surface area contributed by atoms with Gasteiger partial charge in [0.2, 0.25) is 0 Å². The van der Waals surface area contributed by atoms with Crippen molar-refractivity contribution < 1.29 is 18.7 Å². The Morgan fingerprint density at radius 2 is 2.10 bits per heavy atom. The predicted molar refractivity (Wildman–Crippen MR) is 75.7 cm³/mol. The van der Waals surface area contributed by atoms with Gasteiger partial charge in [0.05, 0.1) is 13.2 Å². The minimum Gasteiger partial charge on any atom is -0.458 e. The molecule has 1 aromatic heterocycles. The first-order valence-electron chi connectivity index (χ1n) is 6.68. The van der Waals surface area contributed by atoms with E-state index in [1.807, 2.05) is 24.3 Å². The van der Waals surface area contributed by atoms with E-state index in [-0.39, 0.29) is 12.5 Å². The molecule has 1 unspecified atom stereocenters. The summed E-state index contributed by atoms with van der Waals surface area (Å²) in [5.41, 5.74) is -0.491. The van der Waals surface area contributed by atoms with E-state index < -0.39 is 11.6 Å². The largest absolute Gasteiger partial charge is 0.458 e. The number of rotatable bonds is 4. The van der Waals surface area contributed by atoms with Gasteiger partial charge in [-0.3, -0.25) is 9.69 Å². The lowest BCUT2D eigenvalue weighted by atomic mass is 9.99. The van der Waals surface area contributed by atoms with Crippen LogP contribution in [-0.4, -0.2) is 37.1 Å². The van der Waals surface area contributed by atoms with Crippen molar-refractivity contribution in [3.05, 3.63) is 36.1 Å². The summed E-state index contributed by atoms with van der Waals surface area (Å²) in [4.78, 5) is 25.7. The second-order valence-corrected chi connectivity index (χ2v) is 5.15. The quantitative estimate of drug-likeness (QED) is 0.871. The number of carbonyl (C=O) groups is 2. The average molecular weight is 288 g/mol. The molecule has 0 bridgehead atoms. The predicted octanol–water partition coefficient (Wildman–Crippen LogP) is 1.85. The van der Waals surface area contributed by atoms with Crippen molar-refractivity contribution in [2.45, 2.75) is 12.5 Å². The fraction of sp³-hybridized carbons (Fsp3) is 0.333. The van der Waals surface area contributed by atoms with E-state index >= 15 is 0 Å². The standard InChI is InChI=1S/C15H16N2O4/c1-15(12-9-10-5-3-4-6-11(10)21-12)13(18)17(7-8-20-2)14(19)16-15/h3-6,9H,7-8H2,1-2H3,(H,16,19).